The Morgan fingerprint density at radius 1 is 1.32 bits per heavy atom. The third-order valence-corrected chi connectivity index (χ3v) is 4.55. The lowest BCUT2D eigenvalue weighted by Gasteiger charge is -2.32. The molecule has 0 saturated carbocycles. The van der Waals surface area contributed by atoms with Crippen molar-refractivity contribution in [3.05, 3.63) is 29.8 Å². The van der Waals surface area contributed by atoms with Gasteiger partial charge in [-0.3, -0.25) is 9.69 Å². The Kier molecular flexibility index (Phi) is 4.95. The normalized spacial score (nSPS) is 23.5. The molecule has 3 rings (SSSR count). The molecule has 2 heterocycles. The van der Waals surface area contributed by atoms with E-state index in [9.17, 15) is 9.90 Å². The molecule has 5 heteroatoms. The molecule has 0 radical (unpaired) electrons. The van der Waals surface area contributed by atoms with E-state index in [-0.39, 0.29) is 17.9 Å². The maximum atomic E-state index is 12.1. The minimum Gasteiger partial charge on any atom is -0.508 e. The van der Waals surface area contributed by atoms with Crippen molar-refractivity contribution in [1.82, 2.24) is 10.2 Å². The molecule has 0 aromatic heterocycles. The first-order valence-corrected chi connectivity index (χ1v) is 8.09. The number of rotatable bonds is 4. The third kappa shape index (κ3) is 3.99. The van der Waals surface area contributed by atoms with Crippen molar-refractivity contribution in [2.24, 2.45) is 5.92 Å². The van der Waals surface area contributed by atoms with Gasteiger partial charge in [0, 0.05) is 32.3 Å². The van der Waals surface area contributed by atoms with Crippen LogP contribution in [0.25, 0.3) is 0 Å². The summed E-state index contributed by atoms with van der Waals surface area (Å²) in [7, 11) is 0. The molecule has 120 valence electrons. The Morgan fingerprint density at radius 3 is 2.82 bits per heavy atom. The minimum absolute atomic E-state index is 0.0466. The number of benzene rings is 1. The predicted octanol–water partition coefficient (Wildman–Crippen LogP) is 1.51. The Hall–Kier alpha value is -1.59. The van der Waals surface area contributed by atoms with Gasteiger partial charge < -0.3 is 15.2 Å². The van der Waals surface area contributed by atoms with Gasteiger partial charge in [0.2, 0.25) is 5.91 Å². The molecule has 1 aromatic carbocycles. The predicted molar refractivity (Wildman–Crippen MR) is 83.5 cm³/mol. The average molecular weight is 304 g/mol. The first-order valence-electron chi connectivity index (χ1n) is 8.09. The number of likely N-dealkylation sites (tertiary alicyclic amines) is 1. The van der Waals surface area contributed by atoms with Crippen LogP contribution in [0.2, 0.25) is 0 Å². The van der Waals surface area contributed by atoms with Gasteiger partial charge in [0.15, 0.2) is 0 Å². The lowest BCUT2D eigenvalue weighted by molar-refractivity contribution is -0.126. The highest BCUT2D eigenvalue weighted by Crippen LogP contribution is 2.18. The standard InChI is InChI=1S/C17H24N2O3/c20-16-3-1-2-13(10-16)11-19-7-4-15(5-8-19)18-17(21)14-6-9-22-12-14/h1-3,10,14-15,20H,4-9,11-12H2,(H,18,21)/t14-/m0/s1. The van der Waals surface area contributed by atoms with Crippen LogP contribution in [0.15, 0.2) is 24.3 Å². The number of nitrogens with zero attached hydrogens (tertiary/aromatic N) is 1. The number of nitrogens with one attached hydrogen (secondary N) is 1. The molecule has 2 aliphatic heterocycles. The summed E-state index contributed by atoms with van der Waals surface area (Å²) >= 11 is 0. The topological polar surface area (TPSA) is 61.8 Å². The van der Waals surface area contributed by atoms with E-state index in [4.69, 9.17) is 4.74 Å². The smallest absolute Gasteiger partial charge is 0.225 e. The van der Waals surface area contributed by atoms with Crippen LogP contribution in [-0.4, -0.2) is 48.3 Å². The van der Waals surface area contributed by atoms with Crippen molar-refractivity contribution in [3.8, 4) is 5.75 Å². The molecule has 1 aromatic rings. The van der Waals surface area contributed by atoms with E-state index in [1.807, 2.05) is 18.2 Å². The second-order valence-electron chi connectivity index (χ2n) is 6.29. The number of carbonyl (C=O) groups is 1. The van der Waals surface area contributed by atoms with Gasteiger partial charge in [0.25, 0.3) is 0 Å². The second-order valence-corrected chi connectivity index (χ2v) is 6.29. The van der Waals surface area contributed by atoms with E-state index < -0.39 is 0 Å². The van der Waals surface area contributed by atoms with Crippen LogP contribution in [-0.2, 0) is 16.1 Å². The van der Waals surface area contributed by atoms with Crippen molar-refractivity contribution in [2.45, 2.75) is 31.8 Å². The summed E-state index contributed by atoms with van der Waals surface area (Å²) in [4.78, 5) is 14.5. The molecule has 0 unspecified atom stereocenters. The monoisotopic (exact) mass is 304 g/mol. The Labute approximate surface area is 131 Å². The van der Waals surface area contributed by atoms with Crippen molar-refractivity contribution < 1.29 is 14.6 Å². The maximum Gasteiger partial charge on any atom is 0.225 e. The number of phenolic OH excluding ortho intramolecular Hbond substituents is 1. The summed E-state index contributed by atoms with van der Waals surface area (Å²) in [6.07, 6.45) is 2.82. The Bertz CT molecular complexity index is 506. The summed E-state index contributed by atoms with van der Waals surface area (Å²) in [6, 6.07) is 7.70. The zero-order valence-electron chi connectivity index (χ0n) is 12.8. The minimum atomic E-state index is 0.0466. The van der Waals surface area contributed by atoms with Crippen molar-refractivity contribution in [2.75, 3.05) is 26.3 Å². The van der Waals surface area contributed by atoms with Crippen LogP contribution in [0, 0.1) is 5.92 Å². The van der Waals surface area contributed by atoms with Crippen molar-refractivity contribution in [3.63, 3.8) is 0 Å². The third-order valence-electron chi connectivity index (χ3n) is 4.55. The molecule has 2 aliphatic rings. The van der Waals surface area contributed by atoms with E-state index in [1.54, 1.807) is 6.07 Å². The highest BCUT2D eigenvalue weighted by molar-refractivity contribution is 5.79. The number of piperidine rings is 1. The number of ether oxygens (including phenoxy) is 1. The molecule has 1 atom stereocenters. The molecule has 0 bridgehead atoms. The summed E-state index contributed by atoms with van der Waals surface area (Å²) in [6.45, 7) is 4.08. The molecule has 2 saturated heterocycles. The zero-order valence-corrected chi connectivity index (χ0v) is 12.8. The molecule has 0 aliphatic carbocycles. The van der Waals surface area contributed by atoms with Crippen LogP contribution >= 0.6 is 0 Å². The highest BCUT2D eigenvalue weighted by atomic mass is 16.5. The fourth-order valence-electron chi connectivity index (χ4n) is 3.21. The fourth-order valence-corrected chi connectivity index (χ4v) is 3.21. The molecular formula is C17H24N2O3. The van der Waals surface area contributed by atoms with Crippen LogP contribution < -0.4 is 5.32 Å². The molecular weight excluding hydrogens is 280 g/mol. The lowest BCUT2D eigenvalue weighted by Crippen LogP contribution is -2.46. The number of carbonyl (C=O) groups excluding carboxylic acids is 1. The Balaban J connectivity index is 1.43. The van der Waals surface area contributed by atoms with Gasteiger partial charge in [0.1, 0.15) is 5.75 Å². The van der Waals surface area contributed by atoms with Crippen LogP contribution in [0.5, 0.6) is 5.75 Å². The van der Waals surface area contributed by atoms with E-state index in [1.165, 1.54) is 0 Å². The summed E-state index contributed by atoms with van der Waals surface area (Å²) in [5, 5.41) is 12.7. The van der Waals surface area contributed by atoms with Crippen molar-refractivity contribution in [1.29, 1.82) is 0 Å². The zero-order chi connectivity index (χ0) is 15.4. The fraction of sp³-hybridized carbons (Fsp3) is 0.588. The van der Waals surface area contributed by atoms with E-state index in [0.717, 1.165) is 44.5 Å². The van der Waals surface area contributed by atoms with Crippen LogP contribution in [0.4, 0.5) is 0 Å². The van der Waals surface area contributed by atoms with E-state index >= 15 is 0 Å². The summed E-state index contributed by atoms with van der Waals surface area (Å²) in [5.74, 6) is 0.521. The number of phenols is 1. The highest BCUT2D eigenvalue weighted by Gasteiger charge is 2.27. The van der Waals surface area contributed by atoms with Crippen molar-refractivity contribution >= 4 is 5.91 Å². The molecule has 2 fully saturated rings. The SMILES string of the molecule is O=C(NC1CCN(Cc2cccc(O)c2)CC1)[C@H]1CCOC1. The molecule has 22 heavy (non-hydrogen) atoms. The van der Waals surface area contributed by atoms with Crippen LogP contribution in [0.3, 0.4) is 0 Å². The number of hydrogen-bond donors (Lipinski definition) is 2. The second kappa shape index (κ2) is 7.11. The lowest BCUT2D eigenvalue weighted by atomic mass is 10.0. The van der Waals surface area contributed by atoms with Gasteiger partial charge >= 0.3 is 0 Å². The molecule has 0 spiro atoms. The first kappa shape index (κ1) is 15.3. The van der Waals surface area contributed by atoms with Crippen LogP contribution in [0.1, 0.15) is 24.8 Å². The molecule has 1 amide bonds. The Morgan fingerprint density at radius 2 is 2.14 bits per heavy atom. The van der Waals surface area contributed by atoms with E-state index in [0.29, 0.717) is 19.0 Å². The summed E-state index contributed by atoms with van der Waals surface area (Å²) in [5.41, 5.74) is 1.13. The van der Waals surface area contributed by atoms with Gasteiger partial charge in [-0.1, -0.05) is 12.1 Å². The van der Waals surface area contributed by atoms with E-state index in [2.05, 4.69) is 10.2 Å². The summed E-state index contributed by atoms with van der Waals surface area (Å²) < 4.78 is 5.27. The number of amides is 1. The van der Waals surface area contributed by atoms with Gasteiger partial charge in [-0.15, -0.1) is 0 Å². The molecule has 5 nitrogen and oxygen atoms in total. The van der Waals surface area contributed by atoms with Gasteiger partial charge in [-0.05, 0) is 37.0 Å². The van der Waals surface area contributed by atoms with Gasteiger partial charge in [-0.2, -0.15) is 0 Å². The molecule has 2 N–H and O–H groups in total. The quantitative estimate of drug-likeness (QED) is 0.885. The average Bonchev–Trinajstić information content (AvgIpc) is 3.04. The van der Waals surface area contributed by atoms with Gasteiger partial charge in [0.05, 0.1) is 12.5 Å². The van der Waals surface area contributed by atoms with Gasteiger partial charge in [-0.25, -0.2) is 0 Å². The first-order chi connectivity index (χ1) is 10.7. The maximum absolute atomic E-state index is 12.1. The largest absolute Gasteiger partial charge is 0.508 e. The number of aromatic hydroxyl groups is 1. The number of hydrogen-bond acceptors (Lipinski definition) is 4.